The summed E-state index contributed by atoms with van der Waals surface area (Å²) in [6.07, 6.45) is -2.99. The summed E-state index contributed by atoms with van der Waals surface area (Å²) >= 11 is 0. The molecule has 1 aliphatic rings. The molecule has 1 heterocycles. The first-order valence-electron chi connectivity index (χ1n) is 5.80. The summed E-state index contributed by atoms with van der Waals surface area (Å²) in [6, 6.07) is 3.04. The molecule has 1 atom stereocenters. The lowest BCUT2D eigenvalue weighted by molar-refractivity contribution is 0.0490. The largest absolute Gasteiger partial charge is 0.386 e. The molecule has 1 aliphatic heterocycles. The van der Waals surface area contributed by atoms with Gasteiger partial charge in [-0.1, -0.05) is 0 Å². The number of carbonyl (C=O) groups excluding carboxylic acids is 1. The van der Waals surface area contributed by atoms with Gasteiger partial charge in [-0.2, -0.15) is 0 Å². The number of amides is 1. The summed E-state index contributed by atoms with van der Waals surface area (Å²) in [5.41, 5.74) is 7.93. The first-order valence-corrected chi connectivity index (χ1v) is 5.80. The lowest BCUT2D eigenvalue weighted by Gasteiger charge is -2.34. The van der Waals surface area contributed by atoms with E-state index < -0.39 is 29.3 Å². The van der Waals surface area contributed by atoms with E-state index >= 15 is 0 Å². The number of nitrogens with two attached hydrogens (primary N) is 2. The maximum Gasteiger partial charge on any atom is 0.268 e. The van der Waals surface area contributed by atoms with Crippen molar-refractivity contribution in [2.45, 2.75) is 12.0 Å². The van der Waals surface area contributed by atoms with E-state index in [4.69, 9.17) is 11.5 Å². The highest BCUT2D eigenvalue weighted by Crippen LogP contribution is 2.35. The number of aliphatic imine (C=N–C) groups is 1. The number of rotatable bonds is 3. The second-order valence-electron chi connectivity index (χ2n) is 4.49. The molecule has 8 heteroatoms. The van der Waals surface area contributed by atoms with E-state index in [1.807, 2.05) is 0 Å². The first kappa shape index (κ1) is 14.3. The summed E-state index contributed by atoms with van der Waals surface area (Å²) in [5, 5.41) is 2.66. The van der Waals surface area contributed by atoms with Crippen LogP contribution in [0.2, 0.25) is 0 Å². The van der Waals surface area contributed by atoms with Gasteiger partial charge in [-0.05, 0) is 18.2 Å². The quantitative estimate of drug-likeness (QED) is 0.748. The van der Waals surface area contributed by atoms with E-state index in [0.29, 0.717) is 0 Å². The van der Waals surface area contributed by atoms with Crippen molar-refractivity contribution in [3.63, 3.8) is 0 Å². The van der Waals surface area contributed by atoms with E-state index in [-0.39, 0.29) is 24.5 Å². The molecule has 0 saturated carbocycles. The summed E-state index contributed by atoms with van der Waals surface area (Å²) in [4.78, 5) is 14.9. The first-order chi connectivity index (χ1) is 9.36. The van der Waals surface area contributed by atoms with Crippen molar-refractivity contribution in [2.24, 2.45) is 16.5 Å². The molecular formula is C12H13F3N4O. The number of amidine groups is 1. The van der Waals surface area contributed by atoms with Crippen molar-refractivity contribution in [3.05, 3.63) is 35.1 Å². The Morgan fingerprint density at radius 3 is 2.70 bits per heavy atom. The molecule has 1 unspecified atom stereocenters. The third-order valence-corrected chi connectivity index (χ3v) is 3.12. The predicted octanol–water partition coefficient (Wildman–Crippen LogP) is 0.345. The molecule has 1 aromatic rings. The zero-order valence-electron chi connectivity index (χ0n) is 10.4. The maximum absolute atomic E-state index is 13.9. The molecule has 5 nitrogen and oxygen atoms in total. The number of nitrogens with one attached hydrogen (secondary N) is 1. The van der Waals surface area contributed by atoms with Gasteiger partial charge < -0.3 is 16.8 Å². The fraction of sp³-hybridized carbons (Fsp3) is 0.333. The molecule has 20 heavy (non-hydrogen) atoms. The highest BCUT2D eigenvalue weighted by molar-refractivity contribution is 5.93. The van der Waals surface area contributed by atoms with Crippen LogP contribution >= 0.6 is 0 Å². The Bertz CT molecular complexity index is 576. The molecule has 1 aromatic carbocycles. The molecule has 0 bridgehead atoms. The minimum absolute atomic E-state index is 0.0552. The van der Waals surface area contributed by atoms with Crippen LogP contribution < -0.4 is 16.8 Å². The molecule has 0 aliphatic carbocycles. The van der Waals surface area contributed by atoms with Gasteiger partial charge in [0.05, 0.1) is 6.54 Å². The Labute approximate surface area is 112 Å². The van der Waals surface area contributed by atoms with Gasteiger partial charge in [-0.3, -0.25) is 9.79 Å². The van der Waals surface area contributed by atoms with Gasteiger partial charge in [-0.25, -0.2) is 13.2 Å². The van der Waals surface area contributed by atoms with E-state index in [0.717, 1.165) is 18.2 Å². The lowest BCUT2D eigenvalue weighted by atomic mass is 9.87. The van der Waals surface area contributed by atoms with E-state index in [9.17, 15) is 18.0 Å². The number of hydrogen-bond donors (Lipinski definition) is 3. The van der Waals surface area contributed by atoms with Gasteiger partial charge in [0.15, 0.2) is 5.54 Å². The Hall–Kier alpha value is -2.09. The number of nitrogens with zero attached hydrogens (tertiary/aromatic N) is 1. The van der Waals surface area contributed by atoms with Crippen molar-refractivity contribution in [2.75, 3.05) is 13.1 Å². The molecule has 108 valence electrons. The van der Waals surface area contributed by atoms with Crippen LogP contribution in [-0.4, -0.2) is 31.3 Å². The molecule has 2 rings (SSSR count). The molecule has 5 N–H and O–H groups in total. The topological polar surface area (TPSA) is 93.5 Å². The highest BCUT2D eigenvalue weighted by atomic mass is 19.3. The number of primary amides is 1. The highest BCUT2D eigenvalue weighted by Gasteiger charge is 2.45. The number of benzene rings is 1. The Kier molecular flexibility index (Phi) is 3.67. The number of hydrogen-bond acceptors (Lipinski definition) is 4. The second-order valence-corrected chi connectivity index (χ2v) is 4.49. The third kappa shape index (κ3) is 2.34. The van der Waals surface area contributed by atoms with Gasteiger partial charge in [0.25, 0.3) is 6.43 Å². The molecule has 0 saturated heterocycles. The van der Waals surface area contributed by atoms with Crippen molar-refractivity contribution in [1.82, 2.24) is 5.32 Å². The summed E-state index contributed by atoms with van der Waals surface area (Å²) in [6.45, 7) is -0.143. The van der Waals surface area contributed by atoms with Gasteiger partial charge in [0.1, 0.15) is 11.7 Å². The number of alkyl halides is 2. The van der Waals surface area contributed by atoms with Gasteiger partial charge >= 0.3 is 0 Å². The predicted molar refractivity (Wildman–Crippen MR) is 67.1 cm³/mol. The second kappa shape index (κ2) is 5.12. The van der Waals surface area contributed by atoms with Crippen LogP contribution in [0.5, 0.6) is 0 Å². The van der Waals surface area contributed by atoms with Gasteiger partial charge in [0.2, 0.25) is 5.91 Å². The third-order valence-electron chi connectivity index (χ3n) is 3.12. The maximum atomic E-state index is 13.9. The molecule has 1 amide bonds. The minimum atomic E-state index is -2.99. The molecular weight excluding hydrogens is 273 g/mol. The summed E-state index contributed by atoms with van der Waals surface area (Å²) < 4.78 is 40.9. The van der Waals surface area contributed by atoms with Crippen molar-refractivity contribution >= 4 is 11.7 Å². The van der Waals surface area contributed by atoms with Crippen LogP contribution in [0.1, 0.15) is 15.9 Å². The van der Waals surface area contributed by atoms with Crippen LogP contribution in [0.15, 0.2) is 23.2 Å². The molecule has 0 radical (unpaired) electrons. The van der Waals surface area contributed by atoms with Gasteiger partial charge in [-0.15, -0.1) is 0 Å². The van der Waals surface area contributed by atoms with E-state index in [2.05, 4.69) is 10.3 Å². The Balaban J connectivity index is 2.64. The lowest BCUT2D eigenvalue weighted by Crippen LogP contribution is -2.51. The Morgan fingerprint density at radius 1 is 1.45 bits per heavy atom. The SMILES string of the molecule is NC(=O)c1ccc(F)c(C2(C(F)F)CNCC(N)=N2)c1. The van der Waals surface area contributed by atoms with Crippen LogP contribution in [0.25, 0.3) is 0 Å². The monoisotopic (exact) mass is 286 g/mol. The van der Waals surface area contributed by atoms with Crippen molar-refractivity contribution in [1.29, 1.82) is 0 Å². The molecule has 0 spiro atoms. The average molecular weight is 286 g/mol. The summed E-state index contributed by atoms with van der Waals surface area (Å²) in [5.74, 6) is -1.78. The number of carbonyl (C=O) groups is 1. The van der Waals surface area contributed by atoms with E-state index in [1.54, 1.807) is 0 Å². The van der Waals surface area contributed by atoms with Crippen LogP contribution in [0.4, 0.5) is 13.2 Å². The molecule has 0 aromatic heterocycles. The van der Waals surface area contributed by atoms with E-state index in [1.165, 1.54) is 0 Å². The van der Waals surface area contributed by atoms with Gasteiger partial charge in [0, 0.05) is 17.7 Å². The molecule has 0 fully saturated rings. The van der Waals surface area contributed by atoms with Crippen molar-refractivity contribution < 1.29 is 18.0 Å². The standard InChI is InChI=1S/C12H13F3N4O/c13-8-2-1-6(10(17)20)3-7(8)12(11(14)15)5-18-4-9(16)19-12/h1-3,11,18H,4-5H2,(H2,16,19)(H2,17,20). The Morgan fingerprint density at radius 2 is 2.15 bits per heavy atom. The van der Waals surface area contributed by atoms with Crippen LogP contribution in [0.3, 0.4) is 0 Å². The van der Waals surface area contributed by atoms with Crippen LogP contribution in [0, 0.1) is 5.82 Å². The zero-order valence-corrected chi connectivity index (χ0v) is 10.4. The fourth-order valence-corrected chi connectivity index (χ4v) is 2.13. The van der Waals surface area contributed by atoms with Crippen LogP contribution in [-0.2, 0) is 5.54 Å². The fourth-order valence-electron chi connectivity index (χ4n) is 2.13. The average Bonchev–Trinajstić information content (AvgIpc) is 2.38. The summed E-state index contributed by atoms with van der Waals surface area (Å²) in [7, 11) is 0. The minimum Gasteiger partial charge on any atom is -0.386 e. The zero-order chi connectivity index (χ0) is 14.9. The number of halogens is 3. The normalized spacial score (nSPS) is 22.7. The smallest absolute Gasteiger partial charge is 0.268 e. The van der Waals surface area contributed by atoms with Crippen molar-refractivity contribution in [3.8, 4) is 0 Å².